The zero-order valence-electron chi connectivity index (χ0n) is 17.8. The third-order valence-electron chi connectivity index (χ3n) is 5.19. The third-order valence-corrected chi connectivity index (χ3v) is 5.19. The van der Waals surface area contributed by atoms with Crippen LogP contribution in [0.25, 0.3) is 11.3 Å². The summed E-state index contributed by atoms with van der Waals surface area (Å²) in [4.78, 5) is 22.3. The number of pyridine rings is 2. The number of carbonyl (C=O) groups is 1. The van der Waals surface area contributed by atoms with E-state index in [1.165, 1.54) is 23.1 Å². The van der Waals surface area contributed by atoms with Gasteiger partial charge in [0.05, 0.1) is 17.9 Å². The van der Waals surface area contributed by atoms with Gasteiger partial charge < -0.3 is 10.2 Å². The van der Waals surface area contributed by atoms with Gasteiger partial charge in [-0.25, -0.2) is 13.8 Å². The van der Waals surface area contributed by atoms with E-state index < -0.39 is 11.6 Å². The number of amides is 1. The van der Waals surface area contributed by atoms with Crippen LogP contribution in [0.4, 0.5) is 20.3 Å². The van der Waals surface area contributed by atoms with Crippen LogP contribution in [0.5, 0.6) is 0 Å². The molecule has 0 fully saturated rings. The highest BCUT2D eigenvalue weighted by molar-refractivity contribution is 5.83. The zero-order chi connectivity index (χ0) is 23.0. The molecule has 0 aliphatic heterocycles. The van der Waals surface area contributed by atoms with Crippen LogP contribution in [0.2, 0.25) is 0 Å². The van der Waals surface area contributed by atoms with E-state index in [-0.39, 0.29) is 18.5 Å². The summed E-state index contributed by atoms with van der Waals surface area (Å²) >= 11 is 0. The fourth-order valence-electron chi connectivity index (χ4n) is 3.53. The number of aromatic nitrogens is 2. The lowest BCUT2D eigenvalue weighted by molar-refractivity contribution is -0.107. The number of anilines is 2. The number of carbonyl (C=O) groups excluding carboxylic acids is 1. The first-order valence-electron chi connectivity index (χ1n) is 10.5. The summed E-state index contributed by atoms with van der Waals surface area (Å²) in [7, 11) is 0. The van der Waals surface area contributed by atoms with Gasteiger partial charge in [0.1, 0.15) is 11.6 Å². The molecule has 0 radical (unpaired) electrons. The molecule has 0 atom stereocenters. The molecule has 0 saturated carbocycles. The monoisotopic (exact) mass is 444 g/mol. The van der Waals surface area contributed by atoms with E-state index in [0.29, 0.717) is 23.7 Å². The normalized spacial score (nSPS) is 10.6. The van der Waals surface area contributed by atoms with Crippen molar-refractivity contribution in [1.29, 1.82) is 0 Å². The minimum atomic E-state index is -0.589. The molecule has 0 bridgehead atoms. The van der Waals surface area contributed by atoms with Crippen molar-refractivity contribution in [2.45, 2.75) is 13.0 Å². The lowest BCUT2D eigenvalue weighted by Gasteiger charge is -2.21. The topological polar surface area (TPSA) is 58.1 Å². The number of nitrogens with zero attached hydrogens (tertiary/aromatic N) is 3. The Hall–Kier alpha value is -4.13. The van der Waals surface area contributed by atoms with E-state index in [1.807, 2.05) is 48.5 Å². The maximum Gasteiger partial charge on any atom is 0.214 e. The number of halogens is 2. The van der Waals surface area contributed by atoms with Gasteiger partial charge in [-0.05, 0) is 42.3 Å². The molecule has 0 spiro atoms. The largest absolute Gasteiger partial charge is 0.368 e. The van der Waals surface area contributed by atoms with Crippen molar-refractivity contribution in [1.82, 2.24) is 9.97 Å². The lowest BCUT2D eigenvalue weighted by Crippen LogP contribution is -2.23. The predicted molar refractivity (Wildman–Crippen MR) is 125 cm³/mol. The molecule has 2 heterocycles. The Balaban J connectivity index is 1.63. The van der Waals surface area contributed by atoms with Crippen LogP contribution in [0.1, 0.15) is 11.1 Å². The molecule has 33 heavy (non-hydrogen) atoms. The Morgan fingerprint density at radius 2 is 1.70 bits per heavy atom. The van der Waals surface area contributed by atoms with E-state index >= 15 is 0 Å². The predicted octanol–water partition coefficient (Wildman–Crippen LogP) is 5.24. The van der Waals surface area contributed by atoms with E-state index in [1.54, 1.807) is 18.5 Å². The fraction of sp³-hybridized carbons (Fsp3) is 0.115. The van der Waals surface area contributed by atoms with Crippen molar-refractivity contribution in [3.63, 3.8) is 0 Å². The molecule has 1 amide bonds. The second-order valence-electron chi connectivity index (χ2n) is 7.40. The molecular weight excluding hydrogens is 422 g/mol. The quantitative estimate of drug-likeness (QED) is 0.359. The van der Waals surface area contributed by atoms with Crippen LogP contribution in [-0.4, -0.2) is 22.9 Å². The van der Waals surface area contributed by atoms with E-state index in [4.69, 9.17) is 4.98 Å². The van der Waals surface area contributed by atoms with Gasteiger partial charge in [0.2, 0.25) is 6.41 Å². The summed E-state index contributed by atoms with van der Waals surface area (Å²) in [6, 6.07) is 20.8. The summed E-state index contributed by atoms with van der Waals surface area (Å²) in [6.07, 6.45) is 4.21. The Bertz CT molecular complexity index is 1200. The molecule has 5 nitrogen and oxygen atoms in total. The maximum absolute atomic E-state index is 14.0. The molecule has 7 heteroatoms. The SMILES string of the molecule is O=CN(Cc1cccnc1)c1ccc(-c2ccccc2)nc1NCCc1c(F)cccc1F. The van der Waals surface area contributed by atoms with Gasteiger partial charge in [0, 0.05) is 30.1 Å². The molecule has 2 aromatic heterocycles. The smallest absolute Gasteiger partial charge is 0.214 e. The van der Waals surface area contributed by atoms with Crippen molar-refractivity contribution >= 4 is 17.9 Å². The highest BCUT2D eigenvalue weighted by atomic mass is 19.1. The summed E-state index contributed by atoms with van der Waals surface area (Å²) in [6.45, 7) is 0.538. The fourth-order valence-corrected chi connectivity index (χ4v) is 3.53. The van der Waals surface area contributed by atoms with Crippen molar-refractivity contribution in [3.8, 4) is 11.3 Å². The van der Waals surface area contributed by atoms with Crippen LogP contribution in [-0.2, 0) is 17.8 Å². The van der Waals surface area contributed by atoms with Crippen LogP contribution in [0, 0.1) is 11.6 Å². The number of hydrogen-bond acceptors (Lipinski definition) is 4. The Morgan fingerprint density at radius 1 is 0.909 bits per heavy atom. The molecular formula is C26H22F2N4O. The standard InChI is InChI=1S/C26H22F2N4O/c27-22-9-4-10-23(28)21(22)13-15-30-26-25(32(18-33)17-19-6-5-14-29-16-19)12-11-24(31-26)20-7-2-1-3-8-20/h1-12,14,16,18H,13,15,17H2,(H,30,31). The van der Waals surface area contributed by atoms with Crippen LogP contribution in [0.3, 0.4) is 0 Å². The van der Waals surface area contributed by atoms with E-state index in [9.17, 15) is 13.6 Å². The van der Waals surface area contributed by atoms with E-state index in [2.05, 4.69) is 10.3 Å². The molecule has 0 saturated heterocycles. The first-order valence-corrected chi connectivity index (χ1v) is 10.5. The highest BCUT2D eigenvalue weighted by Gasteiger charge is 2.15. The third kappa shape index (κ3) is 5.38. The number of hydrogen-bond donors (Lipinski definition) is 1. The highest BCUT2D eigenvalue weighted by Crippen LogP contribution is 2.29. The van der Waals surface area contributed by atoms with Gasteiger partial charge in [0.25, 0.3) is 0 Å². The van der Waals surface area contributed by atoms with Gasteiger partial charge in [-0.1, -0.05) is 42.5 Å². The second-order valence-corrected chi connectivity index (χ2v) is 7.40. The van der Waals surface area contributed by atoms with Crippen molar-refractivity contribution in [2.75, 3.05) is 16.8 Å². The molecule has 166 valence electrons. The molecule has 4 rings (SSSR count). The first-order chi connectivity index (χ1) is 16.2. The molecule has 0 aliphatic carbocycles. The number of nitrogens with one attached hydrogen (secondary N) is 1. The summed E-state index contributed by atoms with van der Waals surface area (Å²) in [5.74, 6) is -0.729. The summed E-state index contributed by atoms with van der Waals surface area (Å²) < 4.78 is 28.0. The average molecular weight is 444 g/mol. The van der Waals surface area contributed by atoms with Crippen LogP contribution in [0.15, 0.2) is 85.2 Å². The summed E-state index contributed by atoms with van der Waals surface area (Å²) in [5.41, 5.74) is 3.05. The first kappa shape index (κ1) is 22.1. The molecule has 0 aliphatic rings. The Kier molecular flexibility index (Phi) is 6.99. The minimum absolute atomic E-state index is 0.00775. The maximum atomic E-state index is 14.0. The molecule has 0 unspecified atom stereocenters. The van der Waals surface area contributed by atoms with Gasteiger partial charge in [-0.15, -0.1) is 0 Å². The van der Waals surface area contributed by atoms with Gasteiger partial charge >= 0.3 is 0 Å². The van der Waals surface area contributed by atoms with Crippen molar-refractivity contribution < 1.29 is 13.6 Å². The van der Waals surface area contributed by atoms with Gasteiger partial charge in [0.15, 0.2) is 5.82 Å². The van der Waals surface area contributed by atoms with Crippen molar-refractivity contribution in [3.05, 3.63) is 108 Å². The zero-order valence-corrected chi connectivity index (χ0v) is 17.8. The second kappa shape index (κ2) is 10.5. The Morgan fingerprint density at radius 3 is 2.39 bits per heavy atom. The van der Waals surface area contributed by atoms with E-state index in [0.717, 1.165) is 17.5 Å². The van der Waals surface area contributed by atoms with Crippen LogP contribution >= 0.6 is 0 Å². The van der Waals surface area contributed by atoms with Gasteiger partial charge in [-0.2, -0.15) is 0 Å². The van der Waals surface area contributed by atoms with Crippen molar-refractivity contribution in [2.24, 2.45) is 0 Å². The van der Waals surface area contributed by atoms with Crippen LogP contribution < -0.4 is 10.2 Å². The van der Waals surface area contributed by atoms with Gasteiger partial charge in [-0.3, -0.25) is 9.78 Å². The number of rotatable bonds is 9. The summed E-state index contributed by atoms with van der Waals surface area (Å²) in [5, 5.41) is 3.17. The lowest BCUT2D eigenvalue weighted by atomic mass is 10.1. The molecule has 1 N–H and O–H groups in total. The molecule has 4 aromatic rings. The minimum Gasteiger partial charge on any atom is -0.368 e. The molecule has 2 aromatic carbocycles. The Labute approximate surface area is 190 Å². The number of benzene rings is 2. The average Bonchev–Trinajstić information content (AvgIpc) is 2.85.